The van der Waals surface area contributed by atoms with Crippen LogP contribution in [0.25, 0.3) is 0 Å². The summed E-state index contributed by atoms with van der Waals surface area (Å²) >= 11 is 5.14. The maximum atomic E-state index is 14.4. The highest BCUT2D eigenvalue weighted by Gasteiger charge is 2.32. The molecule has 7 nitrogen and oxygen atoms in total. The summed E-state index contributed by atoms with van der Waals surface area (Å²) in [5.74, 6) is -1.15. The van der Waals surface area contributed by atoms with Gasteiger partial charge < -0.3 is 10.4 Å². The second kappa shape index (κ2) is 8.65. The molecule has 0 saturated carbocycles. The number of halogens is 1. The first-order valence-corrected chi connectivity index (χ1v) is 8.41. The lowest BCUT2D eigenvalue weighted by Gasteiger charge is -2.32. The molecule has 9 heteroatoms. The van der Waals surface area contributed by atoms with Crippen LogP contribution in [0.2, 0.25) is 0 Å². The molecule has 0 heterocycles. The monoisotopic (exact) mass is 391 g/mol. The molecule has 142 valence electrons. The third kappa shape index (κ3) is 5.05. The molecule has 27 heavy (non-hydrogen) atoms. The Morgan fingerprint density at radius 1 is 1.30 bits per heavy atom. The fourth-order valence-electron chi connectivity index (χ4n) is 2.58. The van der Waals surface area contributed by atoms with Gasteiger partial charge in [0.15, 0.2) is 5.11 Å². The Balaban J connectivity index is 2.25. The second-order valence-electron chi connectivity index (χ2n) is 6.00. The van der Waals surface area contributed by atoms with Crippen molar-refractivity contribution in [2.45, 2.75) is 18.9 Å². The lowest BCUT2D eigenvalue weighted by atomic mass is 9.88. The summed E-state index contributed by atoms with van der Waals surface area (Å²) in [6, 6.07) is 11.5. The molecule has 0 aliphatic carbocycles. The Morgan fingerprint density at radius 2 is 1.96 bits per heavy atom. The topological polar surface area (TPSA) is 104 Å². The standard InChI is InChI=1S/C18H18FN3O4S/c1-18(9-10-23,14-11-13(22(25)26)7-8-15(14)19)21-17(27)20-16(24)12-5-3-2-4-6-12/h2-8,11,23H,9-10H2,1H3,(H2,20,21,24,27)/t18-/m0/s1. The maximum absolute atomic E-state index is 14.4. The number of aliphatic hydroxyl groups is 1. The smallest absolute Gasteiger partial charge is 0.269 e. The van der Waals surface area contributed by atoms with E-state index in [0.717, 1.165) is 18.2 Å². The van der Waals surface area contributed by atoms with Crippen molar-refractivity contribution in [2.75, 3.05) is 6.61 Å². The summed E-state index contributed by atoms with van der Waals surface area (Å²) < 4.78 is 14.4. The minimum Gasteiger partial charge on any atom is -0.396 e. The minimum absolute atomic E-state index is 0.00638. The third-order valence-corrected chi connectivity index (χ3v) is 4.22. The number of carbonyl (C=O) groups excluding carboxylic acids is 1. The first kappa shape index (κ1) is 20.4. The van der Waals surface area contributed by atoms with E-state index in [1.54, 1.807) is 30.3 Å². The fourth-order valence-corrected chi connectivity index (χ4v) is 2.90. The average molecular weight is 391 g/mol. The number of non-ortho nitro benzene ring substituents is 1. The van der Waals surface area contributed by atoms with E-state index in [2.05, 4.69) is 10.6 Å². The molecule has 0 unspecified atom stereocenters. The van der Waals surface area contributed by atoms with Crippen molar-refractivity contribution in [3.63, 3.8) is 0 Å². The van der Waals surface area contributed by atoms with Gasteiger partial charge in [-0.15, -0.1) is 0 Å². The van der Waals surface area contributed by atoms with Gasteiger partial charge in [-0.05, 0) is 43.8 Å². The summed E-state index contributed by atoms with van der Waals surface area (Å²) in [7, 11) is 0. The van der Waals surface area contributed by atoms with Crippen LogP contribution >= 0.6 is 12.2 Å². The van der Waals surface area contributed by atoms with Gasteiger partial charge in [-0.25, -0.2) is 4.39 Å². The van der Waals surface area contributed by atoms with E-state index in [4.69, 9.17) is 12.2 Å². The number of nitrogens with one attached hydrogen (secondary N) is 2. The van der Waals surface area contributed by atoms with Crippen LogP contribution < -0.4 is 10.6 Å². The van der Waals surface area contributed by atoms with Gasteiger partial charge >= 0.3 is 0 Å². The zero-order valence-corrected chi connectivity index (χ0v) is 15.3. The lowest BCUT2D eigenvalue weighted by Crippen LogP contribution is -2.50. The summed E-state index contributed by atoms with van der Waals surface area (Å²) in [6.45, 7) is 1.20. The number of carbonyl (C=O) groups is 1. The maximum Gasteiger partial charge on any atom is 0.269 e. The number of nitro benzene ring substituents is 1. The molecule has 1 atom stereocenters. The normalized spacial score (nSPS) is 12.7. The molecule has 0 fully saturated rings. The Hall–Kier alpha value is -2.91. The quantitative estimate of drug-likeness (QED) is 0.397. The number of amides is 1. The van der Waals surface area contributed by atoms with Crippen LogP contribution in [0, 0.1) is 15.9 Å². The van der Waals surface area contributed by atoms with Gasteiger partial charge in [-0.1, -0.05) is 18.2 Å². The molecule has 0 bridgehead atoms. The van der Waals surface area contributed by atoms with Crippen molar-refractivity contribution in [1.82, 2.24) is 10.6 Å². The summed E-state index contributed by atoms with van der Waals surface area (Å²) in [5, 5.41) is 25.6. The van der Waals surface area contributed by atoms with Crippen LogP contribution in [0.4, 0.5) is 10.1 Å². The van der Waals surface area contributed by atoms with Crippen molar-refractivity contribution in [1.29, 1.82) is 0 Å². The lowest BCUT2D eigenvalue weighted by molar-refractivity contribution is -0.385. The molecular weight excluding hydrogens is 373 g/mol. The van der Waals surface area contributed by atoms with Crippen molar-refractivity contribution in [2.24, 2.45) is 0 Å². The molecule has 0 radical (unpaired) electrons. The van der Waals surface area contributed by atoms with Gasteiger partial charge in [0.05, 0.1) is 10.5 Å². The highest BCUT2D eigenvalue weighted by Crippen LogP contribution is 2.30. The van der Waals surface area contributed by atoms with Crippen molar-refractivity contribution in [3.8, 4) is 0 Å². The molecular formula is C18H18FN3O4S. The van der Waals surface area contributed by atoms with Crippen LogP contribution in [-0.4, -0.2) is 27.7 Å². The molecule has 3 N–H and O–H groups in total. The summed E-state index contributed by atoms with van der Waals surface area (Å²) in [5.41, 5.74) is -1.22. The van der Waals surface area contributed by atoms with Crippen molar-refractivity contribution < 1.29 is 19.2 Å². The third-order valence-electron chi connectivity index (χ3n) is 4.02. The molecule has 2 aromatic rings. The molecule has 1 amide bonds. The highest BCUT2D eigenvalue weighted by atomic mass is 32.1. The minimum atomic E-state index is -1.27. The van der Waals surface area contributed by atoms with Crippen molar-refractivity contribution in [3.05, 3.63) is 75.6 Å². The second-order valence-corrected chi connectivity index (χ2v) is 6.41. The summed E-state index contributed by atoms with van der Waals surface area (Å²) in [6.07, 6.45) is 0.00638. The van der Waals surface area contributed by atoms with Crippen LogP contribution in [-0.2, 0) is 5.54 Å². The van der Waals surface area contributed by atoms with E-state index < -0.39 is 22.2 Å². The number of thiocarbonyl (C=S) groups is 1. The Kier molecular flexibility index (Phi) is 6.54. The highest BCUT2D eigenvalue weighted by molar-refractivity contribution is 7.80. The first-order chi connectivity index (χ1) is 12.8. The molecule has 0 aromatic heterocycles. The van der Waals surface area contributed by atoms with E-state index in [1.165, 1.54) is 6.92 Å². The largest absolute Gasteiger partial charge is 0.396 e. The number of aliphatic hydroxyl groups excluding tert-OH is 1. The Morgan fingerprint density at radius 3 is 2.56 bits per heavy atom. The molecule has 0 spiro atoms. The van der Waals surface area contributed by atoms with Gasteiger partial charge in [-0.2, -0.15) is 0 Å². The van der Waals surface area contributed by atoms with Gasteiger partial charge in [0, 0.05) is 29.9 Å². The average Bonchev–Trinajstić information content (AvgIpc) is 2.62. The molecule has 0 aliphatic heterocycles. The Labute approximate surface area is 160 Å². The van der Waals surface area contributed by atoms with E-state index >= 15 is 0 Å². The number of hydrogen-bond donors (Lipinski definition) is 3. The van der Waals surface area contributed by atoms with E-state index in [9.17, 15) is 24.4 Å². The van der Waals surface area contributed by atoms with E-state index in [0.29, 0.717) is 5.56 Å². The molecule has 2 rings (SSSR count). The number of rotatable bonds is 6. The molecule has 0 saturated heterocycles. The van der Waals surface area contributed by atoms with Gasteiger partial charge in [0.2, 0.25) is 0 Å². The number of nitro groups is 1. The van der Waals surface area contributed by atoms with E-state index in [1.807, 2.05) is 0 Å². The zero-order chi connectivity index (χ0) is 20.0. The van der Waals surface area contributed by atoms with Crippen LogP contribution in [0.1, 0.15) is 29.3 Å². The molecule has 2 aromatic carbocycles. The summed E-state index contributed by atoms with van der Waals surface area (Å²) in [4.78, 5) is 22.6. The fraction of sp³-hybridized carbons (Fsp3) is 0.222. The van der Waals surface area contributed by atoms with Gasteiger partial charge in [-0.3, -0.25) is 20.2 Å². The van der Waals surface area contributed by atoms with Gasteiger partial charge in [0.25, 0.3) is 11.6 Å². The van der Waals surface area contributed by atoms with Crippen LogP contribution in [0.5, 0.6) is 0 Å². The number of benzene rings is 2. The van der Waals surface area contributed by atoms with Crippen LogP contribution in [0.3, 0.4) is 0 Å². The van der Waals surface area contributed by atoms with Crippen molar-refractivity contribution >= 4 is 28.9 Å². The zero-order valence-electron chi connectivity index (χ0n) is 14.4. The predicted molar refractivity (Wildman–Crippen MR) is 102 cm³/mol. The predicted octanol–water partition coefficient (Wildman–Crippen LogP) is 2.64. The Bertz CT molecular complexity index is 863. The number of hydrogen-bond acceptors (Lipinski definition) is 5. The SMILES string of the molecule is C[C@@](CCO)(NC(=S)NC(=O)c1ccccc1)c1cc([N+](=O)[O-])ccc1F. The number of nitrogens with zero attached hydrogens (tertiary/aromatic N) is 1. The molecule has 0 aliphatic rings. The van der Waals surface area contributed by atoms with Crippen LogP contribution in [0.15, 0.2) is 48.5 Å². The van der Waals surface area contributed by atoms with Gasteiger partial charge in [0.1, 0.15) is 5.82 Å². The van der Waals surface area contributed by atoms with E-state index in [-0.39, 0.29) is 29.4 Å². The first-order valence-electron chi connectivity index (χ1n) is 8.00.